The van der Waals surface area contributed by atoms with E-state index in [4.69, 9.17) is 4.74 Å². The van der Waals surface area contributed by atoms with Gasteiger partial charge in [-0.2, -0.15) is 35.9 Å². The summed E-state index contributed by atoms with van der Waals surface area (Å²) in [5.41, 5.74) is 2.13. The molecule has 0 unspecified atom stereocenters. The van der Waals surface area contributed by atoms with Crippen molar-refractivity contribution >= 4 is 49.8 Å². The van der Waals surface area contributed by atoms with Crippen LogP contribution in [0, 0.1) is 52.7 Å². The van der Waals surface area contributed by atoms with Crippen molar-refractivity contribution in [2.45, 2.75) is 20.3 Å². The summed E-state index contributed by atoms with van der Waals surface area (Å²) in [4.78, 5) is 15.6. The molecule has 2 heterocycles. The van der Waals surface area contributed by atoms with Gasteiger partial charge in [-0.25, -0.2) is 11.3 Å². The zero-order valence-electron chi connectivity index (χ0n) is 20.0. The van der Waals surface area contributed by atoms with Crippen molar-refractivity contribution in [2.75, 3.05) is 26.2 Å². The first-order valence-corrected chi connectivity index (χ1v) is 13.5. The molecule has 0 amide bonds. The van der Waals surface area contributed by atoms with E-state index >= 15 is 0 Å². The van der Waals surface area contributed by atoms with E-state index < -0.39 is 0 Å². The number of hydrogen-bond donors (Lipinski definition) is 0. The summed E-state index contributed by atoms with van der Waals surface area (Å²) >= 11 is 3.68. The molecule has 0 radical (unpaired) electrons. The molecule has 1 aromatic heterocycles. The molecule has 1 saturated heterocycles. The normalized spacial score (nSPS) is 13.3. The minimum atomic E-state index is 0. The van der Waals surface area contributed by atoms with Crippen LogP contribution in [-0.4, -0.2) is 36.9 Å². The molecule has 4 aromatic rings. The zero-order valence-corrected chi connectivity index (χ0v) is 27.2. The van der Waals surface area contributed by atoms with Crippen molar-refractivity contribution in [1.82, 2.24) is 4.90 Å². The van der Waals surface area contributed by atoms with Crippen LogP contribution in [0.3, 0.4) is 0 Å². The number of halogens is 1. The van der Waals surface area contributed by atoms with Gasteiger partial charge in [0, 0.05) is 23.2 Å². The topological polar surface area (TPSA) is 29.5 Å². The van der Waals surface area contributed by atoms with Crippen LogP contribution in [0.4, 0.5) is 0 Å². The molecule has 3 nitrogen and oxygen atoms in total. The maximum absolute atomic E-state index is 12.5. The molecule has 1 fully saturated rings. The maximum Gasteiger partial charge on any atom is 2.00 e. The van der Waals surface area contributed by atoms with E-state index in [1.807, 2.05) is 61.5 Å². The quantitative estimate of drug-likeness (QED) is 0.115. The third-order valence-electron chi connectivity index (χ3n) is 5.68. The second kappa shape index (κ2) is 14.0. The number of hydrogen-bond acceptors (Lipinski definition) is 4. The molecule has 178 valence electrons. The average molecular weight is 820 g/mol. The monoisotopic (exact) mass is 819 g/mol. The Bertz CT molecular complexity index is 1220. The molecule has 0 aliphatic carbocycles. The molecule has 6 heteroatoms. The Morgan fingerprint density at radius 1 is 1.11 bits per heavy atom. The van der Waals surface area contributed by atoms with Crippen LogP contribution < -0.4 is 4.74 Å². The summed E-state index contributed by atoms with van der Waals surface area (Å²) in [6.07, 6.45) is 1.18. The SMILES string of the molecule is CC1CN(CCc2cc[c-]cc2)C1.CCOc1ccc2[c-]c(C(=O)c3ccc(I)cc3)sc2c1.[U+2]. The number of nitrogens with zero attached hydrogens (tertiary/aromatic N) is 1. The van der Waals surface area contributed by atoms with Gasteiger partial charge in [-0.15, -0.1) is 17.5 Å². The van der Waals surface area contributed by atoms with Crippen LogP contribution in [0.1, 0.15) is 34.6 Å². The molecule has 0 bridgehead atoms. The largest absolute Gasteiger partial charge is 2.00 e. The number of ether oxygens (including phenoxy) is 1. The van der Waals surface area contributed by atoms with Crippen LogP contribution in [0.25, 0.3) is 10.1 Å². The molecular weight excluding hydrogens is 791 g/mol. The van der Waals surface area contributed by atoms with E-state index in [-0.39, 0.29) is 36.9 Å². The van der Waals surface area contributed by atoms with Gasteiger partial charge in [0.15, 0.2) is 0 Å². The Labute approximate surface area is 249 Å². The summed E-state index contributed by atoms with van der Waals surface area (Å²) in [6.45, 7) is 8.70. The van der Waals surface area contributed by atoms with Gasteiger partial charge in [0.05, 0.1) is 6.61 Å². The summed E-state index contributed by atoms with van der Waals surface area (Å²) in [7, 11) is 0. The van der Waals surface area contributed by atoms with E-state index in [0.717, 1.165) is 25.3 Å². The summed E-state index contributed by atoms with van der Waals surface area (Å²) in [5, 5.41) is 0.956. The molecule has 0 saturated carbocycles. The van der Waals surface area contributed by atoms with E-state index in [9.17, 15) is 4.79 Å². The van der Waals surface area contributed by atoms with Gasteiger partial charge in [0.2, 0.25) is 0 Å². The molecule has 5 rings (SSSR count). The first-order valence-electron chi connectivity index (χ1n) is 11.6. The van der Waals surface area contributed by atoms with Crippen molar-refractivity contribution in [3.63, 3.8) is 0 Å². The number of likely N-dealkylation sites (tertiary alicyclic amines) is 1. The Hall–Kier alpha value is -1.17. The van der Waals surface area contributed by atoms with Gasteiger partial charge in [0.25, 0.3) is 0 Å². The molecule has 0 N–H and O–H groups in total. The fraction of sp³-hybridized carbons (Fsp3) is 0.276. The van der Waals surface area contributed by atoms with E-state index in [1.165, 1.54) is 43.0 Å². The van der Waals surface area contributed by atoms with Crippen molar-refractivity contribution in [3.8, 4) is 5.75 Å². The van der Waals surface area contributed by atoms with Gasteiger partial charge >= 0.3 is 31.1 Å². The van der Waals surface area contributed by atoms with E-state index in [0.29, 0.717) is 17.0 Å². The van der Waals surface area contributed by atoms with E-state index in [2.05, 4.69) is 58.7 Å². The molecule has 35 heavy (non-hydrogen) atoms. The fourth-order valence-corrected chi connectivity index (χ4v) is 5.28. The van der Waals surface area contributed by atoms with E-state index in [1.54, 1.807) is 0 Å². The number of ketones is 1. The van der Waals surface area contributed by atoms with Crippen LogP contribution in [0.2, 0.25) is 0 Å². The molecule has 0 atom stereocenters. The van der Waals surface area contributed by atoms with Crippen LogP contribution >= 0.6 is 33.9 Å². The zero-order chi connectivity index (χ0) is 23.9. The summed E-state index contributed by atoms with van der Waals surface area (Å²) in [6, 6.07) is 27.9. The van der Waals surface area contributed by atoms with Crippen molar-refractivity contribution in [2.24, 2.45) is 5.92 Å². The minimum absolute atomic E-state index is 0. The Balaban J connectivity index is 0.000000211. The number of carbonyl (C=O) groups is 1. The smallest absolute Gasteiger partial charge is 0.496 e. The van der Waals surface area contributed by atoms with Crippen molar-refractivity contribution in [3.05, 3.63) is 98.4 Å². The molecular formula is C29H28INO2SU. The Morgan fingerprint density at radius 3 is 2.49 bits per heavy atom. The second-order valence-corrected chi connectivity index (χ2v) is 10.8. The fourth-order valence-electron chi connectivity index (χ4n) is 3.93. The first-order chi connectivity index (χ1) is 16.5. The standard InChI is InChI=1S/C17H12IO2S.C12H16N.U/c1-2-20-14-8-5-12-9-16(21-15(12)10-14)17(19)11-3-6-13(18)7-4-11;1-11-9-13(10-11)8-7-12-5-3-2-4-6-12;/h3-8,10H,2H2,1H3;3-6,11H,7-10H2,1H3;/q2*-1;+2. The Kier molecular flexibility index (Phi) is 11.3. The number of rotatable bonds is 7. The van der Waals surface area contributed by atoms with Gasteiger partial charge in [-0.05, 0) is 75.2 Å². The number of thiophene rings is 1. The third kappa shape index (κ3) is 8.16. The van der Waals surface area contributed by atoms with Crippen LogP contribution in [-0.2, 0) is 6.42 Å². The molecule has 0 spiro atoms. The molecule has 3 aromatic carbocycles. The first kappa shape index (κ1) is 28.4. The summed E-state index contributed by atoms with van der Waals surface area (Å²) < 4.78 is 7.63. The average Bonchev–Trinajstić information content (AvgIpc) is 3.26. The third-order valence-corrected chi connectivity index (χ3v) is 7.45. The number of benzene rings is 3. The summed E-state index contributed by atoms with van der Waals surface area (Å²) in [5.74, 6) is 1.77. The predicted octanol–water partition coefficient (Wildman–Crippen LogP) is 6.92. The number of fused-ring (bicyclic) bond motifs is 1. The van der Waals surface area contributed by atoms with Gasteiger partial charge in [0.1, 0.15) is 11.5 Å². The maximum atomic E-state index is 12.5. The number of carbonyl (C=O) groups excluding carboxylic acids is 1. The van der Waals surface area contributed by atoms with Crippen LogP contribution in [0.5, 0.6) is 5.75 Å². The van der Waals surface area contributed by atoms with Gasteiger partial charge < -0.3 is 14.4 Å². The molecule has 1 aliphatic rings. The van der Waals surface area contributed by atoms with Crippen LogP contribution in [0.15, 0.2) is 66.7 Å². The molecule has 1 aliphatic heterocycles. The van der Waals surface area contributed by atoms with Crippen molar-refractivity contribution in [1.29, 1.82) is 0 Å². The van der Waals surface area contributed by atoms with Gasteiger partial charge in [-0.1, -0.05) is 25.1 Å². The van der Waals surface area contributed by atoms with Crippen molar-refractivity contribution < 1.29 is 40.6 Å². The predicted molar refractivity (Wildman–Crippen MR) is 149 cm³/mol. The second-order valence-electron chi connectivity index (χ2n) is 8.51. The Morgan fingerprint density at radius 2 is 1.83 bits per heavy atom. The minimum Gasteiger partial charge on any atom is -0.496 e. The van der Waals surface area contributed by atoms with Gasteiger partial charge in [-0.3, -0.25) is 0 Å².